The Labute approximate surface area is 99.5 Å². The Hall–Kier alpha value is -2.48. The molecule has 86 valence electrons. The third-order valence-electron chi connectivity index (χ3n) is 2.51. The SMILES string of the molecule is Cc1nn(C)c(Nc2ccc(N)cc2)c1C#N. The van der Waals surface area contributed by atoms with E-state index in [4.69, 9.17) is 11.0 Å². The van der Waals surface area contributed by atoms with Gasteiger partial charge in [-0.25, -0.2) is 0 Å². The first kappa shape index (κ1) is 11.0. The van der Waals surface area contributed by atoms with Gasteiger partial charge >= 0.3 is 0 Å². The van der Waals surface area contributed by atoms with Crippen LogP contribution in [0.25, 0.3) is 0 Å². The Morgan fingerprint density at radius 1 is 1.35 bits per heavy atom. The van der Waals surface area contributed by atoms with E-state index in [9.17, 15) is 0 Å². The van der Waals surface area contributed by atoms with E-state index in [1.54, 1.807) is 23.9 Å². The summed E-state index contributed by atoms with van der Waals surface area (Å²) in [5.41, 5.74) is 8.47. The number of nitrogen functional groups attached to an aromatic ring is 1. The molecule has 1 heterocycles. The van der Waals surface area contributed by atoms with Crippen LogP contribution in [0, 0.1) is 18.3 Å². The van der Waals surface area contributed by atoms with Crippen molar-refractivity contribution in [3.63, 3.8) is 0 Å². The standard InChI is InChI=1S/C12H13N5/c1-8-11(7-13)12(17(2)16-8)15-10-5-3-9(14)4-6-10/h3-6,15H,14H2,1-2H3. The number of hydrogen-bond acceptors (Lipinski definition) is 4. The van der Waals surface area contributed by atoms with Gasteiger partial charge < -0.3 is 11.1 Å². The number of rotatable bonds is 2. The molecule has 1 aromatic carbocycles. The average Bonchev–Trinajstić information content (AvgIpc) is 2.57. The summed E-state index contributed by atoms with van der Waals surface area (Å²) in [4.78, 5) is 0. The third kappa shape index (κ3) is 2.06. The van der Waals surface area contributed by atoms with Crippen LogP contribution in [0.15, 0.2) is 24.3 Å². The van der Waals surface area contributed by atoms with E-state index < -0.39 is 0 Å². The lowest BCUT2D eigenvalue weighted by Gasteiger charge is -2.07. The average molecular weight is 227 g/mol. The summed E-state index contributed by atoms with van der Waals surface area (Å²) >= 11 is 0. The minimum absolute atomic E-state index is 0.560. The third-order valence-corrected chi connectivity index (χ3v) is 2.51. The zero-order valence-electron chi connectivity index (χ0n) is 9.73. The molecule has 5 heteroatoms. The molecule has 2 rings (SSSR count). The largest absolute Gasteiger partial charge is 0.399 e. The lowest BCUT2D eigenvalue weighted by atomic mass is 10.2. The molecule has 0 aliphatic carbocycles. The van der Waals surface area contributed by atoms with E-state index in [1.165, 1.54) is 0 Å². The second-order valence-electron chi connectivity index (χ2n) is 3.79. The highest BCUT2D eigenvalue weighted by atomic mass is 15.3. The van der Waals surface area contributed by atoms with Crippen LogP contribution in [0.1, 0.15) is 11.3 Å². The first-order valence-electron chi connectivity index (χ1n) is 5.18. The molecule has 0 fully saturated rings. The molecule has 1 aromatic heterocycles. The van der Waals surface area contributed by atoms with Gasteiger partial charge in [-0.3, -0.25) is 4.68 Å². The molecule has 0 aliphatic heterocycles. The summed E-state index contributed by atoms with van der Waals surface area (Å²) < 4.78 is 1.66. The molecule has 3 N–H and O–H groups in total. The number of nitrogens with two attached hydrogens (primary N) is 1. The lowest BCUT2D eigenvalue weighted by Crippen LogP contribution is -2.00. The number of nitrogens with zero attached hydrogens (tertiary/aromatic N) is 3. The van der Waals surface area contributed by atoms with E-state index in [-0.39, 0.29) is 0 Å². The Morgan fingerprint density at radius 2 is 2.00 bits per heavy atom. The highest BCUT2D eigenvalue weighted by molar-refractivity contribution is 5.65. The zero-order valence-corrected chi connectivity index (χ0v) is 9.73. The van der Waals surface area contributed by atoms with Gasteiger partial charge in [0.05, 0.1) is 5.69 Å². The summed E-state index contributed by atoms with van der Waals surface area (Å²) in [6.45, 7) is 1.81. The molecular weight excluding hydrogens is 214 g/mol. The zero-order chi connectivity index (χ0) is 12.4. The number of aromatic nitrogens is 2. The summed E-state index contributed by atoms with van der Waals surface area (Å²) in [7, 11) is 1.80. The molecule has 0 spiro atoms. The Bertz CT molecular complexity index is 574. The monoisotopic (exact) mass is 227 g/mol. The fourth-order valence-corrected chi connectivity index (χ4v) is 1.64. The molecule has 0 saturated heterocycles. The molecule has 2 aromatic rings. The van der Waals surface area contributed by atoms with Gasteiger partial charge in [-0.05, 0) is 31.2 Å². The van der Waals surface area contributed by atoms with Gasteiger partial charge in [-0.2, -0.15) is 10.4 Å². The number of nitriles is 1. The van der Waals surface area contributed by atoms with E-state index in [2.05, 4.69) is 16.5 Å². The van der Waals surface area contributed by atoms with E-state index >= 15 is 0 Å². The number of aryl methyl sites for hydroxylation is 2. The summed E-state index contributed by atoms with van der Waals surface area (Å²) in [5, 5.41) is 16.4. The number of anilines is 3. The highest BCUT2D eigenvalue weighted by Crippen LogP contribution is 2.22. The van der Waals surface area contributed by atoms with Crippen LogP contribution in [0.5, 0.6) is 0 Å². The Balaban J connectivity index is 2.36. The summed E-state index contributed by atoms with van der Waals surface area (Å²) in [6.07, 6.45) is 0. The van der Waals surface area contributed by atoms with Gasteiger partial charge in [-0.1, -0.05) is 0 Å². The molecule has 5 nitrogen and oxygen atoms in total. The first-order valence-corrected chi connectivity index (χ1v) is 5.18. The van der Waals surface area contributed by atoms with Gasteiger partial charge in [0.2, 0.25) is 0 Å². The maximum atomic E-state index is 9.07. The molecule has 0 bridgehead atoms. The lowest BCUT2D eigenvalue weighted by molar-refractivity contribution is 0.765. The smallest absolute Gasteiger partial charge is 0.146 e. The van der Waals surface area contributed by atoms with Crippen molar-refractivity contribution >= 4 is 17.2 Å². The quantitative estimate of drug-likeness (QED) is 0.768. The highest BCUT2D eigenvalue weighted by Gasteiger charge is 2.12. The molecule has 0 radical (unpaired) electrons. The van der Waals surface area contributed by atoms with Crippen molar-refractivity contribution in [2.45, 2.75) is 6.92 Å². The van der Waals surface area contributed by atoms with Gasteiger partial charge in [-0.15, -0.1) is 0 Å². The van der Waals surface area contributed by atoms with Gasteiger partial charge in [0.15, 0.2) is 0 Å². The molecule has 0 atom stereocenters. The molecule has 0 saturated carbocycles. The summed E-state index contributed by atoms with van der Waals surface area (Å²) in [6, 6.07) is 9.47. The van der Waals surface area contributed by atoms with Crippen LogP contribution in [0.3, 0.4) is 0 Å². The topological polar surface area (TPSA) is 79.7 Å². The van der Waals surface area contributed by atoms with Crippen LogP contribution >= 0.6 is 0 Å². The second-order valence-corrected chi connectivity index (χ2v) is 3.79. The minimum atomic E-state index is 0.560. The number of nitrogens with one attached hydrogen (secondary N) is 1. The number of hydrogen-bond donors (Lipinski definition) is 2. The van der Waals surface area contributed by atoms with E-state index in [0.717, 1.165) is 5.69 Å². The van der Waals surface area contributed by atoms with Crippen LogP contribution < -0.4 is 11.1 Å². The minimum Gasteiger partial charge on any atom is -0.399 e. The van der Waals surface area contributed by atoms with Gasteiger partial charge in [0.25, 0.3) is 0 Å². The van der Waals surface area contributed by atoms with Crippen molar-refractivity contribution < 1.29 is 0 Å². The molecule has 17 heavy (non-hydrogen) atoms. The van der Waals surface area contributed by atoms with Crippen LogP contribution in [-0.4, -0.2) is 9.78 Å². The van der Waals surface area contributed by atoms with Crippen LogP contribution in [0.4, 0.5) is 17.2 Å². The van der Waals surface area contributed by atoms with Crippen LogP contribution in [-0.2, 0) is 7.05 Å². The number of benzene rings is 1. The van der Waals surface area contributed by atoms with Crippen molar-refractivity contribution in [1.29, 1.82) is 5.26 Å². The van der Waals surface area contributed by atoms with Crippen molar-refractivity contribution in [2.24, 2.45) is 7.05 Å². The normalized spacial score (nSPS) is 9.94. The van der Waals surface area contributed by atoms with Crippen molar-refractivity contribution in [3.05, 3.63) is 35.5 Å². The Kier molecular flexibility index (Phi) is 2.71. The fourth-order valence-electron chi connectivity index (χ4n) is 1.64. The predicted molar refractivity (Wildman–Crippen MR) is 66.8 cm³/mol. The molecule has 0 unspecified atom stereocenters. The van der Waals surface area contributed by atoms with Gasteiger partial charge in [0, 0.05) is 18.4 Å². The van der Waals surface area contributed by atoms with Gasteiger partial charge in [0.1, 0.15) is 17.5 Å². The van der Waals surface area contributed by atoms with Crippen LogP contribution in [0.2, 0.25) is 0 Å². The van der Waals surface area contributed by atoms with Crippen molar-refractivity contribution in [2.75, 3.05) is 11.1 Å². The Morgan fingerprint density at radius 3 is 2.59 bits per heavy atom. The predicted octanol–water partition coefficient (Wildman–Crippen LogP) is 1.93. The summed E-state index contributed by atoms with van der Waals surface area (Å²) in [5.74, 6) is 0.690. The fraction of sp³-hybridized carbons (Fsp3) is 0.167. The van der Waals surface area contributed by atoms with Crippen molar-refractivity contribution in [1.82, 2.24) is 9.78 Å². The molecular formula is C12H13N5. The second kappa shape index (κ2) is 4.18. The maximum Gasteiger partial charge on any atom is 0.146 e. The first-order chi connectivity index (χ1) is 8.11. The molecule has 0 amide bonds. The van der Waals surface area contributed by atoms with Crippen molar-refractivity contribution in [3.8, 4) is 6.07 Å². The van der Waals surface area contributed by atoms with E-state index in [1.807, 2.05) is 19.1 Å². The maximum absolute atomic E-state index is 9.07. The van der Waals surface area contributed by atoms with E-state index in [0.29, 0.717) is 22.8 Å². The molecule has 0 aliphatic rings.